The fourth-order valence-corrected chi connectivity index (χ4v) is 3.96. The molecule has 0 aromatic carbocycles. The Balaban J connectivity index is 2.23. The number of thiophene rings is 1. The molecule has 114 valence electrons. The zero-order valence-corrected chi connectivity index (χ0v) is 14.0. The van der Waals surface area contributed by atoms with Gasteiger partial charge in [-0.1, -0.05) is 25.7 Å². The molecule has 3 nitrogen and oxygen atoms in total. The summed E-state index contributed by atoms with van der Waals surface area (Å²) >= 11 is 1.43. The van der Waals surface area contributed by atoms with Gasteiger partial charge in [0, 0.05) is 12.6 Å². The lowest BCUT2D eigenvalue weighted by atomic mass is 9.86. The molecule has 0 radical (unpaired) electrons. The van der Waals surface area contributed by atoms with Crippen molar-refractivity contribution < 1.29 is 9.90 Å². The molecule has 1 aromatic heterocycles. The van der Waals surface area contributed by atoms with Gasteiger partial charge in [0.2, 0.25) is 0 Å². The molecule has 4 heteroatoms. The Bertz CT molecular complexity index is 581. The van der Waals surface area contributed by atoms with Gasteiger partial charge >= 0.3 is 0 Å². The van der Waals surface area contributed by atoms with Crippen molar-refractivity contribution in [2.45, 2.75) is 40.2 Å². The minimum absolute atomic E-state index is 0.117. The van der Waals surface area contributed by atoms with Gasteiger partial charge in [-0.15, -0.1) is 11.3 Å². The fourth-order valence-electron chi connectivity index (χ4n) is 2.96. The first-order chi connectivity index (χ1) is 9.93. The van der Waals surface area contributed by atoms with Crippen LogP contribution in [0.3, 0.4) is 0 Å². The van der Waals surface area contributed by atoms with E-state index in [4.69, 9.17) is 5.11 Å². The molecule has 1 N–H and O–H groups in total. The van der Waals surface area contributed by atoms with E-state index >= 15 is 0 Å². The second kappa shape index (κ2) is 6.64. The molecule has 3 unspecified atom stereocenters. The number of hydrogen-bond donors (Lipinski definition) is 1. The highest BCUT2D eigenvalue weighted by atomic mass is 32.1. The van der Waals surface area contributed by atoms with Crippen molar-refractivity contribution >= 4 is 17.2 Å². The van der Waals surface area contributed by atoms with Gasteiger partial charge in [0.1, 0.15) is 6.61 Å². The van der Waals surface area contributed by atoms with Gasteiger partial charge in [0.05, 0.1) is 9.75 Å². The van der Waals surface area contributed by atoms with Crippen LogP contribution in [-0.2, 0) is 0 Å². The van der Waals surface area contributed by atoms with E-state index in [-0.39, 0.29) is 18.6 Å². The topological polar surface area (TPSA) is 40.5 Å². The molecule has 1 saturated heterocycles. The summed E-state index contributed by atoms with van der Waals surface area (Å²) in [6, 6.07) is 2.20. The van der Waals surface area contributed by atoms with Gasteiger partial charge in [0.25, 0.3) is 5.91 Å². The fraction of sp³-hybridized carbons (Fsp3) is 0.588. The van der Waals surface area contributed by atoms with E-state index in [1.807, 2.05) is 17.9 Å². The summed E-state index contributed by atoms with van der Waals surface area (Å²) in [5.41, 5.74) is 1.01. The molecule has 0 aliphatic carbocycles. The maximum absolute atomic E-state index is 12.8. The number of amides is 1. The monoisotopic (exact) mass is 305 g/mol. The van der Waals surface area contributed by atoms with E-state index in [9.17, 15) is 4.79 Å². The van der Waals surface area contributed by atoms with Crippen molar-refractivity contribution in [3.8, 4) is 11.8 Å². The van der Waals surface area contributed by atoms with Crippen molar-refractivity contribution in [3.05, 3.63) is 21.4 Å². The van der Waals surface area contributed by atoms with Gasteiger partial charge in [-0.3, -0.25) is 4.79 Å². The van der Waals surface area contributed by atoms with E-state index < -0.39 is 0 Å². The van der Waals surface area contributed by atoms with Crippen LogP contribution < -0.4 is 0 Å². The standard InChI is InChI=1S/C17H23NO2S/c1-11-8-12(2)14(4)18(10-11)17(20)16-9-13(3)15(21-16)6-5-7-19/h9,11-12,14,19H,7-8,10H2,1-4H3. The average molecular weight is 305 g/mol. The number of carbonyl (C=O) groups is 1. The summed E-state index contributed by atoms with van der Waals surface area (Å²) in [5, 5.41) is 8.79. The van der Waals surface area contributed by atoms with Crippen LogP contribution in [0.4, 0.5) is 0 Å². The normalized spacial score (nSPS) is 25.4. The maximum Gasteiger partial charge on any atom is 0.264 e. The maximum atomic E-state index is 12.8. The number of carbonyl (C=O) groups excluding carboxylic acids is 1. The van der Waals surface area contributed by atoms with Crippen LogP contribution >= 0.6 is 11.3 Å². The van der Waals surface area contributed by atoms with Gasteiger partial charge < -0.3 is 10.0 Å². The molecule has 1 aliphatic heterocycles. The minimum atomic E-state index is -0.154. The number of piperidine rings is 1. The van der Waals surface area contributed by atoms with E-state index in [2.05, 4.69) is 32.6 Å². The number of aliphatic hydroxyl groups is 1. The number of rotatable bonds is 1. The second-order valence-corrected chi connectivity index (χ2v) is 7.15. The van der Waals surface area contributed by atoms with E-state index in [1.54, 1.807) is 0 Å². The van der Waals surface area contributed by atoms with Crippen LogP contribution in [0.5, 0.6) is 0 Å². The third-order valence-corrected chi connectivity index (χ3v) is 5.41. The van der Waals surface area contributed by atoms with Crippen molar-refractivity contribution in [3.63, 3.8) is 0 Å². The lowest BCUT2D eigenvalue weighted by Crippen LogP contribution is -2.48. The van der Waals surface area contributed by atoms with Crippen LogP contribution in [0.25, 0.3) is 0 Å². The van der Waals surface area contributed by atoms with Gasteiger partial charge in [-0.05, 0) is 43.7 Å². The molecule has 21 heavy (non-hydrogen) atoms. The van der Waals surface area contributed by atoms with Gasteiger partial charge in [0.15, 0.2) is 0 Å². The highest BCUT2D eigenvalue weighted by Crippen LogP contribution is 2.30. The Morgan fingerprint density at radius 3 is 2.86 bits per heavy atom. The van der Waals surface area contributed by atoms with E-state index in [0.29, 0.717) is 11.8 Å². The van der Waals surface area contributed by atoms with E-state index in [1.165, 1.54) is 17.8 Å². The molecule has 2 heterocycles. The van der Waals surface area contributed by atoms with E-state index in [0.717, 1.165) is 21.9 Å². The van der Waals surface area contributed by atoms with Crippen molar-refractivity contribution in [2.75, 3.05) is 13.2 Å². The first-order valence-corrected chi connectivity index (χ1v) is 8.26. The molecule has 2 rings (SSSR count). The summed E-state index contributed by atoms with van der Waals surface area (Å²) in [5.74, 6) is 6.77. The third kappa shape index (κ3) is 3.48. The summed E-state index contributed by atoms with van der Waals surface area (Å²) in [4.78, 5) is 16.4. The van der Waals surface area contributed by atoms with Gasteiger partial charge in [-0.25, -0.2) is 0 Å². The molecule has 0 spiro atoms. The highest BCUT2D eigenvalue weighted by Gasteiger charge is 2.33. The molecular formula is C17H23NO2S. The van der Waals surface area contributed by atoms with Crippen LogP contribution in [0.15, 0.2) is 6.07 Å². The van der Waals surface area contributed by atoms with Crippen molar-refractivity contribution in [2.24, 2.45) is 11.8 Å². The number of aliphatic hydroxyl groups excluding tert-OH is 1. The number of aryl methyl sites for hydroxylation is 1. The molecule has 0 saturated carbocycles. The molecule has 1 aromatic rings. The molecule has 1 amide bonds. The van der Waals surface area contributed by atoms with Crippen LogP contribution in [0.1, 0.15) is 47.3 Å². The van der Waals surface area contributed by atoms with Crippen LogP contribution in [0, 0.1) is 30.6 Å². The minimum Gasteiger partial charge on any atom is -0.384 e. The number of nitrogens with zero attached hydrogens (tertiary/aromatic N) is 1. The summed E-state index contributed by atoms with van der Waals surface area (Å²) in [6.07, 6.45) is 1.18. The largest absolute Gasteiger partial charge is 0.384 e. The van der Waals surface area contributed by atoms with Gasteiger partial charge in [-0.2, -0.15) is 0 Å². The summed E-state index contributed by atoms with van der Waals surface area (Å²) in [7, 11) is 0. The quantitative estimate of drug-likeness (QED) is 0.811. The zero-order chi connectivity index (χ0) is 15.6. The average Bonchev–Trinajstić information content (AvgIpc) is 2.81. The molecular weight excluding hydrogens is 282 g/mol. The zero-order valence-electron chi connectivity index (χ0n) is 13.1. The third-order valence-electron chi connectivity index (χ3n) is 4.27. The second-order valence-electron chi connectivity index (χ2n) is 6.10. The lowest BCUT2D eigenvalue weighted by Gasteiger charge is -2.40. The Hall–Kier alpha value is -1.31. The molecule has 1 aliphatic rings. The Morgan fingerprint density at radius 2 is 2.19 bits per heavy atom. The highest BCUT2D eigenvalue weighted by molar-refractivity contribution is 7.14. The first-order valence-electron chi connectivity index (χ1n) is 7.45. The lowest BCUT2D eigenvalue weighted by molar-refractivity contribution is 0.0460. The smallest absolute Gasteiger partial charge is 0.264 e. The molecule has 3 atom stereocenters. The van der Waals surface area contributed by atoms with Crippen molar-refractivity contribution in [1.82, 2.24) is 4.90 Å². The Morgan fingerprint density at radius 1 is 1.48 bits per heavy atom. The Kier molecular flexibility index (Phi) is 5.08. The predicted molar refractivity (Wildman–Crippen MR) is 86.5 cm³/mol. The first kappa shape index (κ1) is 16.1. The predicted octanol–water partition coefficient (Wildman–Crippen LogP) is 2.91. The van der Waals surface area contributed by atoms with Crippen LogP contribution in [-0.4, -0.2) is 35.1 Å². The number of hydrogen-bond acceptors (Lipinski definition) is 3. The number of likely N-dealkylation sites (tertiary alicyclic amines) is 1. The summed E-state index contributed by atoms with van der Waals surface area (Å²) < 4.78 is 0. The van der Waals surface area contributed by atoms with Crippen LogP contribution in [0.2, 0.25) is 0 Å². The molecule has 0 bridgehead atoms. The molecule has 1 fully saturated rings. The summed E-state index contributed by atoms with van der Waals surface area (Å²) in [6.45, 7) is 9.21. The Labute approximate surface area is 131 Å². The van der Waals surface area contributed by atoms with Crippen molar-refractivity contribution in [1.29, 1.82) is 0 Å². The SMILES string of the molecule is Cc1cc(C(=O)N2CC(C)CC(C)C2C)sc1C#CCO.